The van der Waals surface area contributed by atoms with Crippen LogP contribution in [0, 0.1) is 0 Å². The van der Waals surface area contributed by atoms with Crippen molar-refractivity contribution in [2.75, 3.05) is 6.61 Å². The quantitative estimate of drug-likeness (QED) is 0.398. The summed E-state index contributed by atoms with van der Waals surface area (Å²) in [5.74, 6) is 0. The molecule has 10 heavy (non-hydrogen) atoms. The van der Waals surface area contributed by atoms with Crippen LogP contribution in [0.1, 0.15) is 6.92 Å². The molecular formula is C3H11MgNO4S. The van der Waals surface area contributed by atoms with Gasteiger partial charge in [-0.15, -0.1) is 0 Å². The molecule has 0 aromatic heterocycles. The molecule has 0 amide bonds. The summed E-state index contributed by atoms with van der Waals surface area (Å²) in [7, 11) is -4.30. The van der Waals surface area contributed by atoms with Crippen LogP contribution in [0.2, 0.25) is 0 Å². The van der Waals surface area contributed by atoms with Gasteiger partial charge in [0.05, 0.1) is 6.61 Å². The number of nitrogens with two attached hydrogens (primary N) is 1. The highest BCUT2D eigenvalue weighted by atomic mass is 32.3. The Morgan fingerprint density at radius 3 is 2.20 bits per heavy atom. The lowest BCUT2D eigenvalue weighted by Crippen LogP contribution is -2.23. The maximum Gasteiger partial charge on any atom is 0.397 e. The molecule has 0 aliphatic heterocycles. The van der Waals surface area contributed by atoms with E-state index in [-0.39, 0.29) is 29.7 Å². The van der Waals surface area contributed by atoms with Crippen molar-refractivity contribution >= 4 is 33.5 Å². The van der Waals surface area contributed by atoms with Crippen LogP contribution in [0.3, 0.4) is 0 Å². The Hall–Kier alpha value is 0.596. The molecule has 0 heterocycles. The zero-order valence-electron chi connectivity index (χ0n) is 4.94. The predicted molar refractivity (Wildman–Crippen MR) is 39.7 cm³/mol. The van der Waals surface area contributed by atoms with Crippen molar-refractivity contribution in [1.82, 2.24) is 0 Å². The Labute approximate surface area is 76.0 Å². The van der Waals surface area contributed by atoms with Crippen LogP contribution >= 0.6 is 0 Å². The highest BCUT2D eigenvalue weighted by molar-refractivity contribution is 7.80. The second-order valence-corrected chi connectivity index (χ2v) is 2.78. The van der Waals surface area contributed by atoms with Gasteiger partial charge in [-0.3, -0.25) is 4.55 Å². The lowest BCUT2D eigenvalue weighted by Gasteiger charge is -2.01. The number of rotatable bonds is 3. The highest BCUT2D eigenvalue weighted by Gasteiger charge is 2.04. The van der Waals surface area contributed by atoms with E-state index in [0.29, 0.717) is 0 Å². The Bertz CT molecular complexity index is 165. The summed E-state index contributed by atoms with van der Waals surface area (Å²) in [6.07, 6.45) is 0. The third kappa shape index (κ3) is 11.4. The first kappa shape index (κ1) is 13.2. The zero-order valence-corrected chi connectivity index (χ0v) is 5.76. The Morgan fingerprint density at radius 2 is 2.10 bits per heavy atom. The molecular weight excluding hydrogens is 170 g/mol. The van der Waals surface area contributed by atoms with E-state index in [9.17, 15) is 8.42 Å². The van der Waals surface area contributed by atoms with Gasteiger partial charge in [-0.05, 0) is 6.92 Å². The van der Waals surface area contributed by atoms with Gasteiger partial charge in [0.1, 0.15) is 0 Å². The standard InChI is InChI=1S/C3H9NO4S.Mg.2H/c1-3(4)2-8-9(5,6)7;;;/h3H,2,4H2,1H3,(H,5,6,7);;;. The molecule has 1 unspecified atom stereocenters. The molecule has 0 aromatic carbocycles. The van der Waals surface area contributed by atoms with Crippen molar-refractivity contribution in [3.8, 4) is 0 Å². The average molecular weight is 181 g/mol. The second kappa shape index (κ2) is 5.27. The summed E-state index contributed by atoms with van der Waals surface area (Å²) in [4.78, 5) is 0. The third-order valence-electron chi connectivity index (χ3n) is 0.480. The summed E-state index contributed by atoms with van der Waals surface area (Å²) in [6.45, 7) is 1.37. The van der Waals surface area contributed by atoms with Crippen molar-refractivity contribution in [2.24, 2.45) is 5.73 Å². The molecule has 0 spiro atoms. The van der Waals surface area contributed by atoms with Gasteiger partial charge in [0.2, 0.25) is 0 Å². The molecule has 7 heteroatoms. The molecule has 60 valence electrons. The topological polar surface area (TPSA) is 89.6 Å². The summed E-state index contributed by atoms with van der Waals surface area (Å²) in [5.41, 5.74) is 5.10. The molecule has 0 fully saturated rings. The van der Waals surface area contributed by atoms with E-state index in [1.807, 2.05) is 0 Å². The van der Waals surface area contributed by atoms with Crippen molar-refractivity contribution in [2.45, 2.75) is 13.0 Å². The van der Waals surface area contributed by atoms with Gasteiger partial charge < -0.3 is 5.73 Å². The second-order valence-electron chi connectivity index (χ2n) is 1.69. The van der Waals surface area contributed by atoms with E-state index in [0.717, 1.165) is 0 Å². The van der Waals surface area contributed by atoms with Crippen LogP contribution in [-0.2, 0) is 14.6 Å². The van der Waals surface area contributed by atoms with Crippen molar-refractivity contribution in [1.29, 1.82) is 0 Å². The van der Waals surface area contributed by atoms with Crippen molar-refractivity contribution in [3.63, 3.8) is 0 Å². The molecule has 0 aliphatic rings. The summed E-state index contributed by atoms with van der Waals surface area (Å²) in [5, 5.41) is 0. The lowest BCUT2D eigenvalue weighted by atomic mass is 10.4. The Morgan fingerprint density at radius 1 is 1.70 bits per heavy atom. The molecule has 0 radical (unpaired) electrons. The number of hydrogen-bond donors (Lipinski definition) is 2. The SMILES string of the molecule is CC(N)COS(=O)(=O)O.[MgH2]. The summed E-state index contributed by atoms with van der Waals surface area (Å²) < 4.78 is 31.5. The van der Waals surface area contributed by atoms with Crippen LogP contribution in [0.25, 0.3) is 0 Å². The van der Waals surface area contributed by atoms with Gasteiger partial charge in [-0.1, -0.05) is 0 Å². The van der Waals surface area contributed by atoms with Gasteiger partial charge in [-0.25, -0.2) is 4.18 Å². The van der Waals surface area contributed by atoms with Crippen molar-refractivity contribution < 1.29 is 17.2 Å². The van der Waals surface area contributed by atoms with Gasteiger partial charge >= 0.3 is 33.5 Å². The molecule has 0 aliphatic carbocycles. The molecule has 0 saturated carbocycles. The minimum atomic E-state index is -4.30. The van der Waals surface area contributed by atoms with E-state index in [1.165, 1.54) is 0 Å². The molecule has 5 nitrogen and oxygen atoms in total. The first-order valence-corrected chi connectivity index (χ1v) is 3.66. The fourth-order valence-corrected chi connectivity index (χ4v) is 0.580. The molecule has 0 aromatic rings. The van der Waals surface area contributed by atoms with E-state index < -0.39 is 16.4 Å². The highest BCUT2D eigenvalue weighted by Crippen LogP contribution is 1.86. The fraction of sp³-hybridized carbons (Fsp3) is 1.00. The van der Waals surface area contributed by atoms with E-state index in [2.05, 4.69) is 4.18 Å². The molecule has 0 saturated heterocycles. The van der Waals surface area contributed by atoms with Crippen molar-refractivity contribution in [3.05, 3.63) is 0 Å². The first-order chi connectivity index (χ1) is 3.92. The minimum Gasteiger partial charge on any atom is -0.326 e. The normalized spacial score (nSPS) is 13.9. The summed E-state index contributed by atoms with van der Waals surface area (Å²) in [6, 6.07) is -0.396. The van der Waals surface area contributed by atoms with Crippen LogP contribution in [0.4, 0.5) is 0 Å². The maximum atomic E-state index is 9.81. The maximum absolute atomic E-state index is 9.81. The van der Waals surface area contributed by atoms with Crippen LogP contribution in [0.5, 0.6) is 0 Å². The molecule has 1 atom stereocenters. The fourth-order valence-electron chi connectivity index (χ4n) is 0.193. The van der Waals surface area contributed by atoms with Gasteiger partial charge in [0, 0.05) is 6.04 Å². The number of hydrogen-bond acceptors (Lipinski definition) is 4. The van der Waals surface area contributed by atoms with Crippen LogP contribution < -0.4 is 5.73 Å². The Balaban J connectivity index is 0. The van der Waals surface area contributed by atoms with E-state index in [1.54, 1.807) is 6.92 Å². The van der Waals surface area contributed by atoms with Crippen LogP contribution in [-0.4, -0.2) is 48.7 Å². The Kier molecular flexibility index (Phi) is 6.96. The van der Waals surface area contributed by atoms with E-state index >= 15 is 0 Å². The molecule has 3 N–H and O–H groups in total. The minimum absolute atomic E-state index is 0. The van der Waals surface area contributed by atoms with Crippen LogP contribution in [0.15, 0.2) is 0 Å². The lowest BCUT2D eigenvalue weighted by molar-refractivity contribution is 0.255. The third-order valence-corrected chi connectivity index (χ3v) is 0.914. The first-order valence-electron chi connectivity index (χ1n) is 2.29. The average Bonchev–Trinajstić information content (AvgIpc) is 1.59. The zero-order chi connectivity index (χ0) is 7.49. The smallest absolute Gasteiger partial charge is 0.326 e. The van der Waals surface area contributed by atoms with Gasteiger partial charge in [0.15, 0.2) is 0 Å². The predicted octanol–water partition coefficient (Wildman–Crippen LogP) is -1.76. The van der Waals surface area contributed by atoms with E-state index in [4.69, 9.17) is 10.3 Å². The van der Waals surface area contributed by atoms with Gasteiger partial charge in [-0.2, -0.15) is 8.42 Å². The monoisotopic (exact) mass is 181 g/mol. The van der Waals surface area contributed by atoms with Gasteiger partial charge in [0.25, 0.3) is 0 Å². The molecule has 0 bridgehead atoms. The largest absolute Gasteiger partial charge is 0.397 e. The summed E-state index contributed by atoms with van der Waals surface area (Å²) >= 11 is 0. The molecule has 0 rings (SSSR count).